The third-order valence-electron chi connectivity index (χ3n) is 3.02. The monoisotopic (exact) mass is 255 g/mol. The van der Waals surface area contributed by atoms with Gasteiger partial charge in [0, 0.05) is 0 Å². The Balaban J connectivity index is 2.29. The summed E-state index contributed by atoms with van der Waals surface area (Å²) in [7, 11) is 0. The molecule has 2 rings (SSSR count). The third-order valence-corrected chi connectivity index (χ3v) is 3.02. The van der Waals surface area contributed by atoms with E-state index in [-0.39, 0.29) is 6.04 Å². The SMILES string of the molecule is C=C(C)CC(NCCC)c1cnc2ccccc2n1. The third kappa shape index (κ3) is 3.61. The Morgan fingerprint density at radius 3 is 2.74 bits per heavy atom. The Morgan fingerprint density at radius 2 is 2.05 bits per heavy atom. The Labute approximate surface area is 114 Å². The molecule has 0 radical (unpaired) electrons. The van der Waals surface area contributed by atoms with Gasteiger partial charge in [-0.1, -0.05) is 24.6 Å². The van der Waals surface area contributed by atoms with Crippen LogP contribution in [0.25, 0.3) is 11.0 Å². The second-order valence-electron chi connectivity index (χ2n) is 4.95. The molecule has 0 fully saturated rings. The highest BCUT2D eigenvalue weighted by atomic mass is 14.9. The first-order valence-corrected chi connectivity index (χ1v) is 6.80. The van der Waals surface area contributed by atoms with Gasteiger partial charge in [0.2, 0.25) is 0 Å². The summed E-state index contributed by atoms with van der Waals surface area (Å²) in [6, 6.07) is 8.17. The van der Waals surface area contributed by atoms with Crippen LogP contribution in [0, 0.1) is 0 Å². The number of aromatic nitrogens is 2. The van der Waals surface area contributed by atoms with Gasteiger partial charge in [-0.15, -0.1) is 6.58 Å². The summed E-state index contributed by atoms with van der Waals surface area (Å²) in [5.41, 5.74) is 4.04. The van der Waals surface area contributed by atoms with Crippen molar-refractivity contribution in [2.75, 3.05) is 6.54 Å². The number of hydrogen-bond acceptors (Lipinski definition) is 3. The molecule has 0 bridgehead atoms. The van der Waals surface area contributed by atoms with Crippen LogP contribution in [0.4, 0.5) is 0 Å². The molecule has 1 unspecified atom stereocenters. The first-order chi connectivity index (χ1) is 9.20. The number of rotatable bonds is 6. The normalized spacial score (nSPS) is 12.5. The molecule has 0 amide bonds. The zero-order chi connectivity index (χ0) is 13.7. The number of benzene rings is 1. The maximum atomic E-state index is 4.72. The standard InChI is InChI=1S/C16H21N3/c1-4-9-17-15(10-12(2)3)16-11-18-13-7-5-6-8-14(13)19-16/h5-8,11,15,17H,2,4,9-10H2,1,3H3. The van der Waals surface area contributed by atoms with Crippen LogP contribution >= 0.6 is 0 Å². The van der Waals surface area contributed by atoms with Crippen LogP contribution in [0.15, 0.2) is 42.6 Å². The molecule has 2 aromatic rings. The van der Waals surface area contributed by atoms with Gasteiger partial charge in [-0.25, -0.2) is 4.98 Å². The highest BCUT2D eigenvalue weighted by Crippen LogP contribution is 2.20. The number of nitrogens with one attached hydrogen (secondary N) is 1. The fourth-order valence-corrected chi connectivity index (χ4v) is 2.09. The van der Waals surface area contributed by atoms with E-state index in [0.717, 1.165) is 41.7 Å². The summed E-state index contributed by atoms with van der Waals surface area (Å²) < 4.78 is 0. The summed E-state index contributed by atoms with van der Waals surface area (Å²) in [4.78, 5) is 9.20. The molecular weight excluding hydrogens is 234 g/mol. The molecular formula is C16H21N3. The molecule has 3 nitrogen and oxygen atoms in total. The van der Waals surface area contributed by atoms with E-state index < -0.39 is 0 Å². The predicted molar refractivity (Wildman–Crippen MR) is 80.0 cm³/mol. The van der Waals surface area contributed by atoms with E-state index in [1.165, 1.54) is 0 Å². The van der Waals surface area contributed by atoms with Gasteiger partial charge in [-0.3, -0.25) is 4.98 Å². The van der Waals surface area contributed by atoms with Gasteiger partial charge >= 0.3 is 0 Å². The van der Waals surface area contributed by atoms with Crippen molar-refractivity contribution in [2.24, 2.45) is 0 Å². The fourth-order valence-electron chi connectivity index (χ4n) is 2.09. The molecule has 100 valence electrons. The molecule has 3 heteroatoms. The molecule has 0 saturated carbocycles. The molecule has 1 N–H and O–H groups in total. The summed E-state index contributed by atoms with van der Waals surface area (Å²) >= 11 is 0. The number of para-hydroxylation sites is 2. The lowest BCUT2D eigenvalue weighted by Gasteiger charge is -2.18. The Morgan fingerprint density at radius 1 is 1.32 bits per heavy atom. The minimum atomic E-state index is 0.203. The molecule has 1 aromatic heterocycles. The summed E-state index contributed by atoms with van der Waals surface area (Å²) in [5, 5.41) is 3.52. The molecule has 1 atom stereocenters. The summed E-state index contributed by atoms with van der Waals surface area (Å²) in [6.45, 7) is 9.20. The summed E-state index contributed by atoms with van der Waals surface area (Å²) in [6.07, 6.45) is 3.87. The van der Waals surface area contributed by atoms with Crippen LogP contribution in [0.2, 0.25) is 0 Å². The Bertz CT molecular complexity index is 563. The average molecular weight is 255 g/mol. The van der Waals surface area contributed by atoms with Crippen LogP contribution < -0.4 is 5.32 Å². The first-order valence-electron chi connectivity index (χ1n) is 6.80. The van der Waals surface area contributed by atoms with Crippen LogP contribution in [-0.2, 0) is 0 Å². The van der Waals surface area contributed by atoms with Gasteiger partial charge in [-0.05, 0) is 38.4 Å². The van der Waals surface area contributed by atoms with Gasteiger partial charge in [0.05, 0.1) is 29.0 Å². The number of fused-ring (bicyclic) bond motifs is 1. The maximum Gasteiger partial charge on any atom is 0.0890 e. The van der Waals surface area contributed by atoms with Gasteiger partial charge in [-0.2, -0.15) is 0 Å². The second kappa shape index (κ2) is 6.43. The minimum Gasteiger partial charge on any atom is -0.308 e. The van der Waals surface area contributed by atoms with Crippen LogP contribution in [-0.4, -0.2) is 16.5 Å². The Hall–Kier alpha value is -1.74. The van der Waals surface area contributed by atoms with Gasteiger partial charge in [0.15, 0.2) is 0 Å². The number of hydrogen-bond donors (Lipinski definition) is 1. The van der Waals surface area contributed by atoms with Crippen molar-refractivity contribution in [3.63, 3.8) is 0 Å². The van der Waals surface area contributed by atoms with E-state index >= 15 is 0 Å². The van der Waals surface area contributed by atoms with Gasteiger partial charge in [0.1, 0.15) is 0 Å². The number of nitrogens with zero attached hydrogens (tertiary/aromatic N) is 2. The van der Waals surface area contributed by atoms with Crippen molar-refractivity contribution < 1.29 is 0 Å². The topological polar surface area (TPSA) is 37.8 Å². The van der Waals surface area contributed by atoms with Crippen molar-refractivity contribution in [2.45, 2.75) is 32.7 Å². The van der Waals surface area contributed by atoms with Crippen molar-refractivity contribution in [1.29, 1.82) is 0 Å². The van der Waals surface area contributed by atoms with Crippen molar-refractivity contribution in [1.82, 2.24) is 15.3 Å². The van der Waals surface area contributed by atoms with E-state index in [0.29, 0.717) is 0 Å². The van der Waals surface area contributed by atoms with Gasteiger partial charge in [0.25, 0.3) is 0 Å². The van der Waals surface area contributed by atoms with E-state index in [1.54, 1.807) is 0 Å². The van der Waals surface area contributed by atoms with E-state index in [1.807, 2.05) is 30.5 Å². The Kier molecular flexibility index (Phi) is 4.63. The molecule has 0 saturated heterocycles. The molecule has 0 aliphatic heterocycles. The molecule has 0 aliphatic carbocycles. The van der Waals surface area contributed by atoms with Crippen LogP contribution in [0.1, 0.15) is 38.4 Å². The maximum absolute atomic E-state index is 4.72. The van der Waals surface area contributed by atoms with E-state index in [2.05, 4.69) is 30.7 Å². The molecule has 0 spiro atoms. The second-order valence-corrected chi connectivity index (χ2v) is 4.95. The predicted octanol–water partition coefficient (Wildman–Crippen LogP) is 3.64. The quantitative estimate of drug-likeness (QED) is 0.801. The summed E-state index contributed by atoms with van der Waals surface area (Å²) in [5.74, 6) is 0. The zero-order valence-corrected chi connectivity index (χ0v) is 11.7. The fraction of sp³-hybridized carbons (Fsp3) is 0.375. The molecule has 19 heavy (non-hydrogen) atoms. The van der Waals surface area contributed by atoms with Gasteiger partial charge < -0.3 is 5.32 Å². The lowest BCUT2D eigenvalue weighted by molar-refractivity contribution is 0.516. The molecule has 1 aromatic carbocycles. The molecule has 0 aliphatic rings. The van der Waals surface area contributed by atoms with Crippen molar-refractivity contribution in [3.8, 4) is 0 Å². The smallest absolute Gasteiger partial charge is 0.0890 e. The van der Waals surface area contributed by atoms with Crippen LogP contribution in [0.5, 0.6) is 0 Å². The van der Waals surface area contributed by atoms with E-state index in [9.17, 15) is 0 Å². The highest BCUT2D eigenvalue weighted by molar-refractivity contribution is 5.73. The lowest BCUT2D eigenvalue weighted by Crippen LogP contribution is -2.23. The average Bonchev–Trinajstić information content (AvgIpc) is 2.42. The lowest BCUT2D eigenvalue weighted by atomic mass is 10.1. The van der Waals surface area contributed by atoms with E-state index in [4.69, 9.17) is 4.98 Å². The van der Waals surface area contributed by atoms with Crippen molar-refractivity contribution >= 4 is 11.0 Å². The zero-order valence-electron chi connectivity index (χ0n) is 11.7. The molecule has 1 heterocycles. The largest absolute Gasteiger partial charge is 0.308 e. The van der Waals surface area contributed by atoms with Crippen molar-refractivity contribution in [3.05, 3.63) is 48.3 Å². The highest BCUT2D eigenvalue weighted by Gasteiger charge is 2.13. The van der Waals surface area contributed by atoms with Crippen LogP contribution in [0.3, 0.4) is 0 Å². The first kappa shape index (κ1) is 13.7. The minimum absolute atomic E-state index is 0.203.